The highest BCUT2D eigenvalue weighted by Gasteiger charge is 2.34. The lowest BCUT2D eigenvalue weighted by atomic mass is 9.82. The molecule has 1 aromatic rings. The third-order valence-electron chi connectivity index (χ3n) is 3.02. The van der Waals surface area contributed by atoms with Crippen molar-refractivity contribution in [3.05, 3.63) is 29.6 Å². The fourth-order valence-electron chi connectivity index (χ4n) is 2.09. The van der Waals surface area contributed by atoms with Crippen LogP contribution in [0.15, 0.2) is 18.2 Å². The fraction of sp³-hybridized carbons (Fsp3) is 0.500. The van der Waals surface area contributed by atoms with Crippen molar-refractivity contribution in [3.63, 3.8) is 0 Å². The number of hydrogen-bond acceptors (Lipinski definition) is 1. The molecule has 0 atom stereocenters. The van der Waals surface area contributed by atoms with Gasteiger partial charge in [-0.2, -0.15) is 13.2 Å². The summed E-state index contributed by atoms with van der Waals surface area (Å²) in [4.78, 5) is 0. The molecule has 1 aliphatic carbocycles. The second kappa shape index (κ2) is 4.20. The van der Waals surface area contributed by atoms with Gasteiger partial charge in [-0.05, 0) is 37.0 Å². The molecular weight excluding hydrogens is 234 g/mol. The number of anilines is 1. The molecule has 0 aromatic heterocycles. The van der Waals surface area contributed by atoms with E-state index in [1.807, 2.05) is 0 Å². The van der Waals surface area contributed by atoms with E-state index >= 15 is 0 Å². The molecule has 17 heavy (non-hydrogen) atoms. The summed E-state index contributed by atoms with van der Waals surface area (Å²) in [6.45, 7) is 2.09. The molecule has 0 bridgehead atoms. The molecule has 0 amide bonds. The molecule has 94 valence electrons. The van der Waals surface area contributed by atoms with Crippen LogP contribution in [0.3, 0.4) is 0 Å². The molecule has 0 aliphatic heterocycles. The molecule has 0 unspecified atom stereocenters. The highest BCUT2D eigenvalue weighted by Crippen LogP contribution is 2.34. The molecule has 1 nitrogen and oxygen atoms in total. The molecule has 0 heterocycles. The van der Waals surface area contributed by atoms with E-state index in [1.54, 1.807) is 0 Å². The predicted molar refractivity (Wildman–Crippen MR) is 57.2 cm³/mol. The van der Waals surface area contributed by atoms with Crippen LogP contribution in [0.4, 0.5) is 23.2 Å². The highest BCUT2D eigenvalue weighted by atomic mass is 19.4. The minimum Gasteiger partial charge on any atom is -0.382 e. The van der Waals surface area contributed by atoms with Crippen LogP contribution in [0, 0.1) is 11.7 Å². The Morgan fingerprint density at radius 3 is 2.41 bits per heavy atom. The number of benzene rings is 1. The minimum atomic E-state index is -4.64. The molecule has 1 aliphatic rings. The van der Waals surface area contributed by atoms with E-state index in [0.29, 0.717) is 11.6 Å². The zero-order valence-corrected chi connectivity index (χ0v) is 9.31. The van der Waals surface area contributed by atoms with E-state index < -0.39 is 17.6 Å². The van der Waals surface area contributed by atoms with Gasteiger partial charge in [0.2, 0.25) is 0 Å². The Bertz CT molecular complexity index is 407. The van der Waals surface area contributed by atoms with Crippen LogP contribution < -0.4 is 5.32 Å². The molecule has 1 N–H and O–H groups in total. The van der Waals surface area contributed by atoms with Gasteiger partial charge in [0.15, 0.2) is 0 Å². The molecule has 0 saturated heterocycles. The Kier molecular flexibility index (Phi) is 3.02. The molecular formula is C12H13F4N. The molecule has 1 saturated carbocycles. The molecule has 0 spiro atoms. The number of hydrogen-bond donors (Lipinski definition) is 1. The van der Waals surface area contributed by atoms with Crippen molar-refractivity contribution in [1.29, 1.82) is 0 Å². The van der Waals surface area contributed by atoms with Crippen LogP contribution in [0.1, 0.15) is 25.3 Å². The lowest BCUT2D eigenvalue weighted by Crippen LogP contribution is -2.33. The maximum Gasteiger partial charge on any atom is 0.419 e. The van der Waals surface area contributed by atoms with Crippen molar-refractivity contribution >= 4 is 5.69 Å². The zero-order valence-electron chi connectivity index (χ0n) is 9.31. The van der Waals surface area contributed by atoms with Crippen molar-refractivity contribution in [3.8, 4) is 0 Å². The standard InChI is InChI=1S/C12H13F4N/c1-7-4-9(5-7)17-8-2-3-11(13)10(6-8)12(14,15)16/h2-3,6-7,9,17H,4-5H2,1H3. The van der Waals surface area contributed by atoms with Crippen LogP contribution in [0.5, 0.6) is 0 Å². The predicted octanol–water partition coefficient (Wildman–Crippen LogP) is 4.05. The Hall–Kier alpha value is -1.26. The van der Waals surface area contributed by atoms with Crippen LogP contribution in [-0.2, 0) is 6.18 Å². The summed E-state index contributed by atoms with van der Waals surface area (Å²) in [6, 6.07) is 3.23. The van der Waals surface area contributed by atoms with Crippen molar-refractivity contribution in [2.75, 3.05) is 5.32 Å². The average Bonchev–Trinajstić information content (AvgIpc) is 2.16. The van der Waals surface area contributed by atoms with Gasteiger partial charge >= 0.3 is 6.18 Å². The Morgan fingerprint density at radius 2 is 1.88 bits per heavy atom. The SMILES string of the molecule is CC1CC(Nc2ccc(F)c(C(F)(F)F)c2)C1. The van der Waals surface area contributed by atoms with Crippen molar-refractivity contribution < 1.29 is 17.6 Å². The van der Waals surface area contributed by atoms with Gasteiger partial charge in [0.1, 0.15) is 5.82 Å². The molecule has 0 radical (unpaired) electrons. The van der Waals surface area contributed by atoms with Gasteiger partial charge in [-0.3, -0.25) is 0 Å². The van der Waals surface area contributed by atoms with Gasteiger partial charge < -0.3 is 5.32 Å². The second-order valence-electron chi connectivity index (χ2n) is 4.61. The molecule has 5 heteroatoms. The lowest BCUT2D eigenvalue weighted by Gasteiger charge is -2.34. The molecule has 1 fully saturated rings. The van der Waals surface area contributed by atoms with Gasteiger partial charge in [-0.15, -0.1) is 0 Å². The quantitative estimate of drug-likeness (QED) is 0.777. The number of alkyl halides is 3. The Morgan fingerprint density at radius 1 is 1.24 bits per heavy atom. The summed E-state index contributed by atoms with van der Waals surface area (Å²) in [7, 11) is 0. The average molecular weight is 247 g/mol. The summed E-state index contributed by atoms with van der Waals surface area (Å²) < 4.78 is 50.4. The van der Waals surface area contributed by atoms with E-state index in [9.17, 15) is 17.6 Å². The van der Waals surface area contributed by atoms with Crippen LogP contribution in [-0.4, -0.2) is 6.04 Å². The number of rotatable bonds is 2. The smallest absolute Gasteiger partial charge is 0.382 e. The van der Waals surface area contributed by atoms with Crippen molar-refractivity contribution in [2.45, 2.75) is 32.0 Å². The van der Waals surface area contributed by atoms with Gasteiger partial charge in [0.25, 0.3) is 0 Å². The zero-order chi connectivity index (χ0) is 12.6. The second-order valence-corrected chi connectivity index (χ2v) is 4.61. The third-order valence-corrected chi connectivity index (χ3v) is 3.02. The van der Waals surface area contributed by atoms with Gasteiger partial charge in [-0.25, -0.2) is 4.39 Å². The summed E-state index contributed by atoms with van der Waals surface area (Å²) >= 11 is 0. The normalized spacial score (nSPS) is 24.3. The largest absolute Gasteiger partial charge is 0.419 e. The topological polar surface area (TPSA) is 12.0 Å². The fourth-order valence-corrected chi connectivity index (χ4v) is 2.09. The Labute approximate surface area is 96.8 Å². The van der Waals surface area contributed by atoms with E-state index in [1.165, 1.54) is 6.07 Å². The Balaban J connectivity index is 2.14. The summed E-state index contributed by atoms with van der Waals surface area (Å²) in [6.07, 6.45) is -2.76. The lowest BCUT2D eigenvalue weighted by molar-refractivity contribution is -0.139. The minimum absolute atomic E-state index is 0.205. The number of halogens is 4. The summed E-state index contributed by atoms with van der Waals surface area (Å²) in [5, 5.41) is 2.98. The first-order valence-corrected chi connectivity index (χ1v) is 5.49. The van der Waals surface area contributed by atoms with Crippen molar-refractivity contribution in [2.24, 2.45) is 5.92 Å². The highest BCUT2D eigenvalue weighted by molar-refractivity contribution is 5.48. The van der Waals surface area contributed by atoms with Gasteiger partial charge in [-0.1, -0.05) is 6.92 Å². The first-order chi connectivity index (χ1) is 7.86. The third kappa shape index (κ3) is 2.70. The van der Waals surface area contributed by atoms with E-state index in [0.717, 1.165) is 25.0 Å². The number of nitrogens with one attached hydrogen (secondary N) is 1. The van der Waals surface area contributed by atoms with E-state index in [2.05, 4.69) is 12.2 Å². The van der Waals surface area contributed by atoms with E-state index in [4.69, 9.17) is 0 Å². The van der Waals surface area contributed by atoms with Gasteiger partial charge in [0.05, 0.1) is 5.56 Å². The van der Waals surface area contributed by atoms with Crippen LogP contribution in [0.2, 0.25) is 0 Å². The summed E-state index contributed by atoms with van der Waals surface area (Å²) in [5.41, 5.74) is -0.884. The maximum absolute atomic E-state index is 13.0. The first kappa shape index (κ1) is 12.2. The summed E-state index contributed by atoms with van der Waals surface area (Å²) in [5.74, 6) is -0.625. The maximum atomic E-state index is 13.0. The molecule has 2 rings (SSSR count). The first-order valence-electron chi connectivity index (χ1n) is 5.49. The monoisotopic (exact) mass is 247 g/mol. The molecule has 1 aromatic carbocycles. The van der Waals surface area contributed by atoms with Crippen LogP contribution >= 0.6 is 0 Å². The van der Waals surface area contributed by atoms with Crippen LogP contribution in [0.25, 0.3) is 0 Å². The van der Waals surface area contributed by atoms with Crippen molar-refractivity contribution in [1.82, 2.24) is 0 Å². The van der Waals surface area contributed by atoms with Gasteiger partial charge in [0, 0.05) is 11.7 Å². The van der Waals surface area contributed by atoms with E-state index in [-0.39, 0.29) is 6.04 Å².